The number of rotatable bonds is 3. The van der Waals surface area contributed by atoms with Crippen LogP contribution in [-0.4, -0.2) is 27.1 Å². The van der Waals surface area contributed by atoms with Crippen molar-refractivity contribution in [1.82, 2.24) is 9.97 Å². The highest BCUT2D eigenvalue weighted by atomic mass is 16.4. The summed E-state index contributed by atoms with van der Waals surface area (Å²) < 4.78 is 0. The topological polar surface area (TPSA) is 75.1 Å². The van der Waals surface area contributed by atoms with E-state index in [-0.39, 0.29) is 12.0 Å². The lowest BCUT2D eigenvalue weighted by Crippen LogP contribution is -2.39. The molecule has 2 saturated carbocycles. The van der Waals surface area contributed by atoms with Gasteiger partial charge in [-0.3, -0.25) is 4.79 Å². The first-order chi connectivity index (χ1) is 9.04. The SMILES string of the molecule is Cc1cc(C)nc(NC2C3CCC(C3)C2C(=O)O)n1. The second kappa shape index (κ2) is 4.47. The molecular weight excluding hydrogens is 242 g/mol. The molecule has 2 bridgehead atoms. The van der Waals surface area contributed by atoms with E-state index in [1.807, 2.05) is 19.9 Å². The zero-order valence-electron chi connectivity index (χ0n) is 11.3. The molecule has 0 aliphatic heterocycles. The predicted octanol–water partition coefficient (Wildman–Crippen LogP) is 2.00. The van der Waals surface area contributed by atoms with E-state index < -0.39 is 5.97 Å². The summed E-state index contributed by atoms with van der Waals surface area (Å²) in [5, 5.41) is 12.7. The fourth-order valence-corrected chi connectivity index (χ4v) is 3.79. The van der Waals surface area contributed by atoms with Crippen molar-refractivity contribution in [2.75, 3.05) is 5.32 Å². The molecule has 0 saturated heterocycles. The van der Waals surface area contributed by atoms with Crippen molar-refractivity contribution in [3.63, 3.8) is 0 Å². The van der Waals surface area contributed by atoms with Gasteiger partial charge >= 0.3 is 5.97 Å². The zero-order valence-corrected chi connectivity index (χ0v) is 11.3. The predicted molar refractivity (Wildman–Crippen MR) is 70.9 cm³/mol. The van der Waals surface area contributed by atoms with Crippen LogP contribution in [0.4, 0.5) is 5.95 Å². The smallest absolute Gasteiger partial charge is 0.308 e. The zero-order chi connectivity index (χ0) is 13.6. The van der Waals surface area contributed by atoms with Crippen LogP contribution in [0.25, 0.3) is 0 Å². The van der Waals surface area contributed by atoms with Crippen LogP contribution in [0.5, 0.6) is 0 Å². The van der Waals surface area contributed by atoms with Gasteiger partial charge in [0.05, 0.1) is 5.92 Å². The summed E-state index contributed by atoms with van der Waals surface area (Å²) in [4.78, 5) is 20.2. The molecule has 0 radical (unpaired) electrons. The van der Waals surface area contributed by atoms with E-state index in [4.69, 9.17) is 0 Å². The summed E-state index contributed by atoms with van der Waals surface area (Å²) in [5.74, 6) is 0.375. The van der Waals surface area contributed by atoms with Crippen molar-refractivity contribution >= 4 is 11.9 Å². The highest BCUT2D eigenvalue weighted by Gasteiger charge is 2.51. The first kappa shape index (κ1) is 12.4. The number of aryl methyl sites for hydroxylation is 2. The average molecular weight is 261 g/mol. The monoisotopic (exact) mass is 261 g/mol. The second-order valence-corrected chi connectivity index (χ2v) is 5.84. The number of nitrogens with one attached hydrogen (secondary N) is 1. The van der Waals surface area contributed by atoms with Crippen LogP contribution < -0.4 is 5.32 Å². The number of carbonyl (C=O) groups is 1. The Bertz CT molecular complexity index is 497. The fourth-order valence-electron chi connectivity index (χ4n) is 3.79. The minimum absolute atomic E-state index is 0.0163. The van der Waals surface area contributed by atoms with Gasteiger partial charge in [0, 0.05) is 17.4 Å². The van der Waals surface area contributed by atoms with E-state index in [1.54, 1.807) is 0 Å². The summed E-state index contributed by atoms with van der Waals surface area (Å²) >= 11 is 0. The quantitative estimate of drug-likeness (QED) is 0.870. The van der Waals surface area contributed by atoms with Gasteiger partial charge in [-0.25, -0.2) is 9.97 Å². The molecule has 5 heteroatoms. The van der Waals surface area contributed by atoms with Crippen LogP contribution in [-0.2, 0) is 4.79 Å². The van der Waals surface area contributed by atoms with Crippen molar-refractivity contribution in [1.29, 1.82) is 0 Å². The number of fused-ring (bicyclic) bond motifs is 2. The van der Waals surface area contributed by atoms with Gasteiger partial charge in [-0.15, -0.1) is 0 Å². The number of anilines is 1. The molecule has 0 spiro atoms. The van der Waals surface area contributed by atoms with Crippen LogP contribution in [0, 0.1) is 31.6 Å². The standard InChI is InChI=1S/C14H19N3O2/c1-7-5-8(2)16-14(15-7)17-12-10-4-3-9(6-10)11(12)13(18)19/h5,9-12H,3-4,6H2,1-2H3,(H,18,19)(H,15,16,17). The van der Waals surface area contributed by atoms with Crippen molar-refractivity contribution < 1.29 is 9.90 Å². The van der Waals surface area contributed by atoms with E-state index in [0.29, 0.717) is 17.8 Å². The normalized spacial score (nSPS) is 32.5. The minimum Gasteiger partial charge on any atom is -0.481 e. The van der Waals surface area contributed by atoms with E-state index in [9.17, 15) is 9.90 Å². The Morgan fingerprint density at radius 2 is 1.89 bits per heavy atom. The highest BCUT2D eigenvalue weighted by molar-refractivity contribution is 5.73. The molecule has 19 heavy (non-hydrogen) atoms. The van der Waals surface area contributed by atoms with Crippen LogP contribution in [0.2, 0.25) is 0 Å². The third kappa shape index (κ3) is 2.17. The Kier molecular flexibility index (Phi) is 2.92. The largest absolute Gasteiger partial charge is 0.481 e. The molecule has 2 fully saturated rings. The van der Waals surface area contributed by atoms with Gasteiger partial charge in [-0.2, -0.15) is 0 Å². The molecule has 2 aliphatic carbocycles. The third-order valence-electron chi connectivity index (χ3n) is 4.48. The lowest BCUT2D eigenvalue weighted by molar-refractivity contribution is -0.143. The van der Waals surface area contributed by atoms with Gasteiger partial charge < -0.3 is 10.4 Å². The Morgan fingerprint density at radius 3 is 2.53 bits per heavy atom. The summed E-state index contributed by atoms with van der Waals surface area (Å²) in [7, 11) is 0. The third-order valence-corrected chi connectivity index (χ3v) is 4.48. The summed E-state index contributed by atoms with van der Waals surface area (Å²) in [6, 6.07) is 1.90. The molecule has 4 unspecified atom stereocenters. The Hall–Kier alpha value is -1.65. The first-order valence-electron chi connectivity index (χ1n) is 6.86. The number of hydrogen-bond donors (Lipinski definition) is 2. The summed E-state index contributed by atoms with van der Waals surface area (Å²) in [6.45, 7) is 3.85. The Labute approximate surface area is 112 Å². The van der Waals surface area contributed by atoms with Gasteiger partial charge in [0.15, 0.2) is 0 Å². The van der Waals surface area contributed by atoms with Crippen LogP contribution >= 0.6 is 0 Å². The molecule has 2 aliphatic rings. The van der Waals surface area contributed by atoms with Crippen molar-refractivity contribution in [2.24, 2.45) is 17.8 Å². The van der Waals surface area contributed by atoms with Crippen LogP contribution in [0.15, 0.2) is 6.07 Å². The molecular formula is C14H19N3O2. The van der Waals surface area contributed by atoms with Gasteiger partial charge in [0.25, 0.3) is 0 Å². The number of carboxylic acids is 1. The lowest BCUT2D eigenvalue weighted by atomic mass is 9.84. The van der Waals surface area contributed by atoms with Crippen LogP contribution in [0.1, 0.15) is 30.7 Å². The first-order valence-corrected chi connectivity index (χ1v) is 6.86. The maximum Gasteiger partial charge on any atom is 0.308 e. The van der Waals surface area contributed by atoms with E-state index >= 15 is 0 Å². The molecule has 5 nitrogen and oxygen atoms in total. The van der Waals surface area contributed by atoms with Crippen molar-refractivity contribution in [3.05, 3.63) is 17.5 Å². The van der Waals surface area contributed by atoms with E-state index in [2.05, 4.69) is 15.3 Å². The molecule has 1 aromatic heterocycles. The maximum atomic E-state index is 11.4. The number of hydrogen-bond acceptors (Lipinski definition) is 4. The fraction of sp³-hybridized carbons (Fsp3) is 0.643. The van der Waals surface area contributed by atoms with E-state index in [0.717, 1.165) is 30.7 Å². The average Bonchev–Trinajstić information content (AvgIpc) is 2.87. The number of aliphatic carboxylic acids is 1. The number of nitrogens with zero attached hydrogens (tertiary/aromatic N) is 2. The second-order valence-electron chi connectivity index (χ2n) is 5.84. The molecule has 102 valence electrons. The Balaban J connectivity index is 1.83. The highest BCUT2D eigenvalue weighted by Crippen LogP contribution is 2.49. The molecule has 4 atom stereocenters. The molecule has 2 N–H and O–H groups in total. The molecule has 1 aromatic rings. The van der Waals surface area contributed by atoms with Gasteiger partial charge in [0.1, 0.15) is 0 Å². The summed E-state index contributed by atoms with van der Waals surface area (Å²) in [6.07, 6.45) is 3.20. The number of aromatic nitrogens is 2. The van der Waals surface area contributed by atoms with Crippen molar-refractivity contribution in [3.8, 4) is 0 Å². The maximum absolute atomic E-state index is 11.4. The van der Waals surface area contributed by atoms with Gasteiger partial charge in [-0.05, 0) is 51.0 Å². The minimum atomic E-state index is -0.686. The lowest BCUT2D eigenvalue weighted by Gasteiger charge is -2.28. The van der Waals surface area contributed by atoms with Crippen LogP contribution in [0.3, 0.4) is 0 Å². The molecule has 0 aromatic carbocycles. The molecule has 0 amide bonds. The summed E-state index contributed by atoms with van der Waals surface area (Å²) in [5.41, 5.74) is 1.81. The Morgan fingerprint density at radius 1 is 1.26 bits per heavy atom. The van der Waals surface area contributed by atoms with Crippen molar-refractivity contribution in [2.45, 2.75) is 39.2 Å². The van der Waals surface area contributed by atoms with E-state index in [1.165, 1.54) is 0 Å². The van der Waals surface area contributed by atoms with Gasteiger partial charge in [-0.1, -0.05) is 0 Å². The number of carboxylic acid groups (broad SMARTS) is 1. The van der Waals surface area contributed by atoms with Gasteiger partial charge in [0.2, 0.25) is 5.95 Å². The molecule has 3 rings (SSSR count). The molecule has 1 heterocycles.